The average Bonchev–Trinajstić information content (AvgIpc) is 3.36. The van der Waals surface area contributed by atoms with Gasteiger partial charge in [0.25, 0.3) is 0 Å². The van der Waals surface area contributed by atoms with Gasteiger partial charge in [-0.25, -0.2) is 0 Å². The first-order valence-electron chi connectivity index (χ1n) is 10.9. The minimum atomic E-state index is -2.14. The van der Waals surface area contributed by atoms with Crippen LogP contribution >= 0.6 is 0 Å². The molecule has 1 rings (SSSR count). The van der Waals surface area contributed by atoms with Crippen molar-refractivity contribution in [3.05, 3.63) is 0 Å². The van der Waals surface area contributed by atoms with Gasteiger partial charge in [0.1, 0.15) is 18.8 Å². The Bertz CT molecular complexity index is 696. The van der Waals surface area contributed by atoms with Crippen LogP contribution < -0.4 is 0 Å². The lowest BCUT2D eigenvalue weighted by atomic mass is 9.94. The molecule has 1 fully saturated rings. The van der Waals surface area contributed by atoms with Crippen LogP contribution in [0.4, 0.5) is 0 Å². The fourth-order valence-corrected chi connectivity index (χ4v) is 3.64. The third-order valence-corrected chi connectivity index (χ3v) is 10.4. The Balaban J connectivity index is 3.08. The third kappa shape index (κ3) is 7.62. The molecule has 178 valence electrons. The van der Waals surface area contributed by atoms with Crippen LogP contribution in [-0.4, -0.2) is 51.3 Å². The van der Waals surface area contributed by atoms with Crippen LogP contribution in [0.2, 0.25) is 18.1 Å². The van der Waals surface area contributed by atoms with E-state index in [0.29, 0.717) is 6.61 Å². The van der Waals surface area contributed by atoms with Gasteiger partial charge < -0.3 is 18.6 Å². The van der Waals surface area contributed by atoms with Gasteiger partial charge in [0.05, 0.1) is 17.4 Å². The Kier molecular flexibility index (Phi) is 8.25. The molecule has 0 bridgehead atoms. The molecule has 0 amide bonds. The minimum absolute atomic E-state index is 0.00256. The maximum absolute atomic E-state index is 12.7. The number of rotatable bonds is 8. The van der Waals surface area contributed by atoms with Crippen LogP contribution in [0.5, 0.6) is 0 Å². The van der Waals surface area contributed by atoms with Gasteiger partial charge in [-0.3, -0.25) is 9.59 Å². The van der Waals surface area contributed by atoms with E-state index < -0.39 is 37.0 Å². The Morgan fingerprint density at radius 2 is 1.52 bits per heavy atom. The molecule has 0 aromatic heterocycles. The highest BCUT2D eigenvalue weighted by atomic mass is 28.4. The smallest absolute Gasteiger partial charge is 0.311 e. The van der Waals surface area contributed by atoms with E-state index in [1.165, 1.54) is 0 Å². The Morgan fingerprint density at radius 3 is 1.87 bits per heavy atom. The van der Waals surface area contributed by atoms with Gasteiger partial charge in [0, 0.05) is 6.42 Å². The summed E-state index contributed by atoms with van der Waals surface area (Å²) in [5.74, 6) is 2.02. The molecule has 1 unspecified atom stereocenters. The van der Waals surface area contributed by atoms with E-state index in [1.54, 1.807) is 41.5 Å². The highest BCUT2D eigenvalue weighted by Gasteiger charge is 2.56. The zero-order chi connectivity index (χ0) is 24.5. The van der Waals surface area contributed by atoms with Gasteiger partial charge in [0.2, 0.25) is 0 Å². The molecule has 3 atom stereocenters. The van der Waals surface area contributed by atoms with E-state index >= 15 is 0 Å². The SMILES string of the molecule is C#CC(C[C@H](OC(=O)C(C)(C)C)[C@]1(COC(=O)C(C)(C)C)CO1)O[Si](C)(C)C(C)(C)C. The normalized spacial score (nSPS) is 21.6. The number of epoxide rings is 1. The first-order chi connectivity index (χ1) is 13.7. The van der Waals surface area contributed by atoms with Gasteiger partial charge in [-0.2, -0.15) is 0 Å². The summed E-state index contributed by atoms with van der Waals surface area (Å²) < 4.78 is 23.5. The Hall–Kier alpha value is -1.36. The fraction of sp³-hybridized carbons (Fsp3) is 0.833. The maximum Gasteiger partial charge on any atom is 0.311 e. The molecule has 0 radical (unpaired) electrons. The maximum atomic E-state index is 12.7. The molecule has 0 spiro atoms. The summed E-state index contributed by atoms with van der Waals surface area (Å²) in [6.07, 6.45) is 4.86. The monoisotopic (exact) mass is 454 g/mol. The lowest BCUT2D eigenvalue weighted by Gasteiger charge is -2.39. The number of ether oxygens (including phenoxy) is 3. The van der Waals surface area contributed by atoms with Crippen molar-refractivity contribution in [1.29, 1.82) is 0 Å². The van der Waals surface area contributed by atoms with E-state index in [-0.39, 0.29) is 30.0 Å². The second-order valence-electron chi connectivity index (χ2n) is 12.1. The number of carbonyl (C=O) groups is 2. The van der Waals surface area contributed by atoms with Crippen molar-refractivity contribution >= 4 is 20.3 Å². The van der Waals surface area contributed by atoms with Gasteiger partial charge in [-0.05, 0) is 59.7 Å². The van der Waals surface area contributed by atoms with Crippen LogP contribution in [0, 0.1) is 23.2 Å². The fourth-order valence-electron chi connectivity index (χ4n) is 2.41. The first kappa shape index (κ1) is 27.7. The summed E-state index contributed by atoms with van der Waals surface area (Å²) in [5, 5.41) is -0.0182. The second-order valence-corrected chi connectivity index (χ2v) is 16.8. The summed E-state index contributed by atoms with van der Waals surface area (Å²) in [7, 11) is -2.14. The molecule has 7 heteroatoms. The van der Waals surface area contributed by atoms with E-state index in [9.17, 15) is 9.59 Å². The summed E-state index contributed by atoms with van der Waals surface area (Å²) in [5.41, 5.74) is -2.23. The largest absolute Gasteiger partial charge is 0.462 e. The van der Waals surface area contributed by atoms with Gasteiger partial charge in [-0.15, -0.1) is 6.42 Å². The molecule has 6 nitrogen and oxygen atoms in total. The van der Waals surface area contributed by atoms with Crippen molar-refractivity contribution in [2.45, 2.75) is 105 Å². The van der Waals surface area contributed by atoms with Crippen molar-refractivity contribution in [1.82, 2.24) is 0 Å². The summed E-state index contributed by atoms with van der Waals surface area (Å²) >= 11 is 0. The molecule has 1 aliphatic heterocycles. The van der Waals surface area contributed by atoms with Gasteiger partial charge in [-0.1, -0.05) is 26.7 Å². The van der Waals surface area contributed by atoms with Crippen LogP contribution in [0.3, 0.4) is 0 Å². The van der Waals surface area contributed by atoms with Crippen molar-refractivity contribution in [2.24, 2.45) is 10.8 Å². The molecular formula is C24H42O6Si. The van der Waals surface area contributed by atoms with Crippen LogP contribution in [-0.2, 0) is 28.2 Å². The van der Waals surface area contributed by atoms with E-state index in [0.717, 1.165) is 0 Å². The third-order valence-electron chi connectivity index (χ3n) is 5.88. The van der Waals surface area contributed by atoms with Crippen LogP contribution in [0.25, 0.3) is 0 Å². The van der Waals surface area contributed by atoms with Crippen LogP contribution in [0.15, 0.2) is 0 Å². The Morgan fingerprint density at radius 1 is 1.03 bits per heavy atom. The summed E-state index contributed by atoms with van der Waals surface area (Å²) in [6, 6.07) is 0. The number of hydrogen-bond acceptors (Lipinski definition) is 6. The standard InChI is InChI=1S/C24H42O6Si/c1-13-17(30-31(11,12)23(8,9)10)14-18(29-20(26)22(5,6)7)24(16-28-24)15-27-19(25)21(2,3)4/h1,17-18H,14-16H2,2-12H3/t17?,18-,24-/m0/s1. The lowest BCUT2D eigenvalue weighted by Crippen LogP contribution is -2.47. The minimum Gasteiger partial charge on any atom is -0.462 e. The number of carbonyl (C=O) groups excluding carboxylic acids is 2. The predicted octanol–water partition coefficient (Wildman–Crippen LogP) is 4.72. The molecule has 0 N–H and O–H groups in total. The molecule has 0 aromatic carbocycles. The highest BCUT2D eigenvalue weighted by Crippen LogP contribution is 2.41. The highest BCUT2D eigenvalue weighted by molar-refractivity contribution is 6.74. The molecule has 1 aliphatic rings. The van der Waals surface area contributed by atoms with Crippen molar-refractivity contribution < 1.29 is 28.2 Å². The average molecular weight is 455 g/mol. The molecule has 0 saturated carbocycles. The van der Waals surface area contributed by atoms with E-state index in [2.05, 4.69) is 39.8 Å². The molecule has 31 heavy (non-hydrogen) atoms. The van der Waals surface area contributed by atoms with Crippen LogP contribution in [0.1, 0.15) is 68.7 Å². The van der Waals surface area contributed by atoms with E-state index in [4.69, 9.17) is 25.1 Å². The van der Waals surface area contributed by atoms with E-state index in [1.807, 2.05) is 0 Å². The van der Waals surface area contributed by atoms with Gasteiger partial charge >= 0.3 is 11.9 Å². The van der Waals surface area contributed by atoms with Crippen molar-refractivity contribution in [3.8, 4) is 12.3 Å². The number of hydrogen-bond donors (Lipinski definition) is 0. The number of esters is 2. The molecule has 1 heterocycles. The molecule has 0 aromatic rings. The number of terminal acetylenes is 1. The van der Waals surface area contributed by atoms with Crippen molar-refractivity contribution in [2.75, 3.05) is 13.2 Å². The second kappa shape index (κ2) is 9.25. The van der Waals surface area contributed by atoms with Crippen molar-refractivity contribution in [3.63, 3.8) is 0 Å². The Labute approximate surface area is 189 Å². The lowest BCUT2D eigenvalue weighted by molar-refractivity contribution is -0.168. The zero-order valence-electron chi connectivity index (χ0n) is 21.3. The molecular weight excluding hydrogens is 412 g/mol. The molecule has 0 aliphatic carbocycles. The zero-order valence-corrected chi connectivity index (χ0v) is 22.3. The quantitative estimate of drug-likeness (QED) is 0.229. The predicted molar refractivity (Wildman–Crippen MR) is 124 cm³/mol. The van der Waals surface area contributed by atoms with Gasteiger partial charge in [0.15, 0.2) is 13.9 Å². The first-order valence-corrected chi connectivity index (χ1v) is 13.8. The summed E-state index contributed by atoms with van der Waals surface area (Å²) in [4.78, 5) is 25.0. The molecule has 1 saturated heterocycles. The topological polar surface area (TPSA) is 74.4 Å². The summed E-state index contributed by atoms with van der Waals surface area (Å²) in [6.45, 7) is 21.7.